The molecule has 28 heavy (non-hydrogen) atoms. The highest BCUT2D eigenvalue weighted by atomic mass is 32.1. The summed E-state index contributed by atoms with van der Waals surface area (Å²) in [6, 6.07) is 1.79. The van der Waals surface area contributed by atoms with E-state index in [1.807, 2.05) is 30.7 Å². The maximum atomic E-state index is 12.6. The number of hydrogen-bond donors (Lipinski definition) is 0. The Bertz CT molecular complexity index is 899. The van der Waals surface area contributed by atoms with Gasteiger partial charge in [-0.15, -0.1) is 11.3 Å². The van der Waals surface area contributed by atoms with Crippen LogP contribution in [0, 0.1) is 20.8 Å². The molecule has 3 heterocycles. The third kappa shape index (κ3) is 4.49. The number of aryl methyl sites for hydroxylation is 2. The van der Waals surface area contributed by atoms with Crippen molar-refractivity contribution in [1.29, 1.82) is 0 Å². The Hall–Kier alpha value is -2.48. The molecular formula is C20H25N3O4S. The van der Waals surface area contributed by atoms with Crippen LogP contribution >= 0.6 is 11.3 Å². The van der Waals surface area contributed by atoms with E-state index in [1.54, 1.807) is 6.07 Å². The average Bonchev–Trinajstić information content (AvgIpc) is 3.13. The number of thiazole rings is 1. The number of likely N-dealkylation sites (tertiary alicyclic amines) is 1. The van der Waals surface area contributed by atoms with Gasteiger partial charge in [-0.2, -0.15) is 0 Å². The van der Waals surface area contributed by atoms with Crippen molar-refractivity contribution in [1.82, 2.24) is 14.5 Å². The summed E-state index contributed by atoms with van der Waals surface area (Å²) in [5.41, 5.74) is 3.12. The Kier molecular flexibility index (Phi) is 6.28. The van der Waals surface area contributed by atoms with Gasteiger partial charge in [0.2, 0.25) is 11.7 Å². The quantitative estimate of drug-likeness (QED) is 0.547. The first kappa shape index (κ1) is 20.3. The highest BCUT2D eigenvalue weighted by Crippen LogP contribution is 2.23. The molecule has 1 amide bonds. The number of amides is 1. The fourth-order valence-corrected chi connectivity index (χ4v) is 4.33. The van der Waals surface area contributed by atoms with Crippen molar-refractivity contribution in [3.8, 4) is 5.13 Å². The second-order valence-corrected chi connectivity index (χ2v) is 7.94. The predicted octanol–water partition coefficient (Wildman–Crippen LogP) is 2.99. The van der Waals surface area contributed by atoms with Crippen molar-refractivity contribution in [3.63, 3.8) is 0 Å². The molecule has 1 aliphatic heterocycles. The Morgan fingerprint density at radius 1 is 1.21 bits per heavy atom. The third-order valence-electron chi connectivity index (χ3n) is 4.89. The maximum Gasteiger partial charge on any atom is 0.326 e. The standard InChI is InChI=1S/C20H25N3O4S/c1-13-12-28-20(21-13)23-14(2)9-16(15(23)3)17(24)11-27-19(26)10-22-8-6-4-5-7-18(22)25/h9,12H,4-8,10-11H2,1-3H3. The topological polar surface area (TPSA) is 81.5 Å². The maximum absolute atomic E-state index is 12.6. The minimum atomic E-state index is -0.548. The fourth-order valence-electron chi connectivity index (χ4n) is 3.41. The summed E-state index contributed by atoms with van der Waals surface area (Å²) < 4.78 is 7.09. The largest absolute Gasteiger partial charge is 0.456 e. The highest BCUT2D eigenvalue weighted by molar-refractivity contribution is 7.12. The van der Waals surface area contributed by atoms with Gasteiger partial charge in [0.05, 0.1) is 5.69 Å². The lowest BCUT2D eigenvalue weighted by molar-refractivity contribution is -0.148. The molecule has 0 atom stereocenters. The molecule has 7 nitrogen and oxygen atoms in total. The number of carbonyl (C=O) groups is 3. The molecule has 0 aromatic carbocycles. The van der Waals surface area contributed by atoms with E-state index >= 15 is 0 Å². The number of ether oxygens (including phenoxy) is 1. The molecule has 0 radical (unpaired) electrons. The SMILES string of the molecule is Cc1csc(-n2c(C)cc(C(=O)COC(=O)CN3CCCCCC3=O)c2C)n1. The smallest absolute Gasteiger partial charge is 0.326 e. The molecule has 3 rings (SSSR count). The fraction of sp³-hybridized carbons (Fsp3) is 0.500. The van der Waals surface area contributed by atoms with Crippen LogP contribution in [0.2, 0.25) is 0 Å². The van der Waals surface area contributed by atoms with E-state index in [9.17, 15) is 14.4 Å². The molecule has 0 N–H and O–H groups in total. The molecule has 2 aromatic heterocycles. The number of aromatic nitrogens is 2. The predicted molar refractivity (Wildman–Crippen MR) is 106 cm³/mol. The van der Waals surface area contributed by atoms with Gasteiger partial charge in [-0.3, -0.25) is 19.0 Å². The molecule has 8 heteroatoms. The first-order chi connectivity index (χ1) is 13.4. The van der Waals surface area contributed by atoms with Crippen molar-refractivity contribution < 1.29 is 19.1 Å². The van der Waals surface area contributed by atoms with Crippen molar-refractivity contribution in [3.05, 3.63) is 34.1 Å². The van der Waals surface area contributed by atoms with Gasteiger partial charge in [-0.05, 0) is 39.7 Å². The minimum Gasteiger partial charge on any atom is -0.456 e. The van der Waals surface area contributed by atoms with Gasteiger partial charge in [0.25, 0.3) is 0 Å². The van der Waals surface area contributed by atoms with Crippen LogP contribution in [-0.4, -0.2) is 51.8 Å². The number of esters is 1. The number of hydrogen-bond acceptors (Lipinski definition) is 6. The molecule has 1 aliphatic rings. The van der Waals surface area contributed by atoms with E-state index in [0.29, 0.717) is 18.5 Å². The van der Waals surface area contributed by atoms with Crippen LogP contribution in [0.15, 0.2) is 11.4 Å². The number of carbonyl (C=O) groups excluding carboxylic acids is 3. The molecule has 0 unspecified atom stereocenters. The summed E-state index contributed by atoms with van der Waals surface area (Å²) in [6.07, 6.45) is 3.20. The molecule has 150 valence electrons. The van der Waals surface area contributed by atoms with Gasteiger partial charge < -0.3 is 9.64 Å². The lowest BCUT2D eigenvalue weighted by Crippen LogP contribution is -2.36. The molecule has 2 aromatic rings. The molecular weight excluding hydrogens is 378 g/mol. The molecule has 0 bridgehead atoms. The zero-order chi connectivity index (χ0) is 20.3. The van der Waals surface area contributed by atoms with E-state index in [4.69, 9.17) is 4.74 Å². The van der Waals surface area contributed by atoms with Gasteiger partial charge in [0, 0.05) is 35.3 Å². The van der Waals surface area contributed by atoms with Gasteiger partial charge in [-0.25, -0.2) is 4.98 Å². The Morgan fingerprint density at radius 2 is 2.00 bits per heavy atom. The number of ketones is 1. The van der Waals surface area contributed by atoms with Gasteiger partial charge in [0.1, 0.15) is 6.54 Å². The molecule has 0 aliphatic carbocycles. The molecule has 0 saturated carbocycles. The summed E-state index contributed by atoms with van der Waals surface area (Å²) in [5.74, 6) is -0.834. The summed E-state index contributed by atoms with van der Waals surface area (Å²) in [6.45, 7) is 5.84. The third-order valence-corrected chi connectivity index (χ3v) is 5.83. The first-order valence-electron chi connectivity index (χ1n) is 9.45. The van der Waals surface area contributed by atoms with Crippen LogP contribution in [-0.2, 0) is 14.3 Å². The first-order valence-corrected chi connectivity index (χ1v) is 10.3. The summed E-state index contributed by atoms with van der Waals surface area (Å²) in [4.78, 5) is 42.7. The van der Waals surface area contributed by atoms with Crippen LogP contribution in [0.5, 0.6) is 0 Å². The van der Waals surface area contributed by atoms with Crippen LogP contribution in [0.1, 0.15) is 53.1 Å². The van der Waals surface area contributed by atoms with Crippen LogP contribution in [0.25, 0.3) is 5.13 Å². The van der Waals surface area contributed by atoms with Gasteiger partial charge in [-0.1, -0.05) is 6.42 Å². The minimum absolute atomic E-state index is 0.0249. The van der Waals surface area contributed by atoms with E-state index in [0.717, 1.165) is 41.5 Å². The summed E-state index contributed by atoms with van der Waals surface area (Å²) in [7, 11) is 0. The number of nitrogens with zero attached hydrogens (tertiary/aromatic N) is 3. The number of Topliss-reactive ketones (excluding diaryl/α,β-unsaturated/α-hetero) is 1. The number of rotatable bonds is 6. The second-order valence-electron chi connectivity index (χ2n) is 7.10. The zero-order valence-corrected chi connectivity index (χ0v) is 17.3. The van der Waals surface area contributed by atoms with Crippen molar-refractivity contribution in [2.24, 2.45) is 0 Å². The lowest BCUT2D eigenvalue weighted by Gasteiger charge is -2.19. The Morgan fingerprint density at radius 3 is 2.71 bits per heavy atom. The zero-order valence-electron chi connectivity index (χ0n) is 16.5. The van der Waals surface area contributed by atoms with E-state index in [-0.39, 0.29) is 24.8 Å². The molecule has 1 fully saturated rings. The summed E-state index contributed by atoms with van der Waals surface area (Å²) in [5, 5.41) is 2.77. The average molecular weight is 404 g/mol. The van der Waals surface area contributed by atoms with E-state index < -0.39 is 5.97 Å². The second kappa shape index (κ2) is 8.68. The van der Waals surface area contributed by atoms with Crippen LogP contribution < -0.4 is 0 Å². The van der Waals surface area contributed by atoms with Crippen molar-refractivity contribution >= 4 is 29.0 Å². The molecule has 0 spiro atoms. The van der Waals surface area contributed by atoms with E-state index in [1.165, 1.54) is 16.2 Å². The van der Waals surface area contributed by atoms with Crippen molar-refractivity contribution in [2.75, 3.05) is 19.7 Å². The Balaban J connectivity index is 1.62. The monoisotopic (exact) mass is 403 g/mol. The molecule has 1 saturated heterocycles. The normalized spacial score (nSPS) is 14.8. The van der Waals surface area contributed by atoms with Crippen molar-refractivity contribution in [2.45, 2.75) is 46.5 Å². The van der Waals surface area contributed by atoms with Crippen LogP contribution in [0.3, 0.4) is 0 Å². The summed E-state index contributed by atoms with van der Waals surface area (Å²) >= 11 is 1.51. The Labute approximate surface area is 168 Å². The van der Waals surface area contributed by atoms with Gasteiger partial charge in [0.15, 0.2) is 11.7 Å². The van der Waals surface area contributed by atoms with Crippen LogP contribution in [0.4, 0.5) is 0 Å². The van der Waals surface area contributed by atoms with E-state index in [2.05, 4.69) is 4.98 Å². The highest BCUT2D eigenvalue weighted by Gasteiger charge is 2.22. The lowest BCUT2D eigenvalue weighted by atomic mass is 10.1. The van der Waals surface area contributed by atoms with Gasteiger partial charge >= 0.3 is 5.97 Å².